The molecule has 4 nitrogen and oxygen atoms in total. The number of amides is 1. The van der Waals surface area contributed by atoms with E-state index in [0.29, 0.717) is 5.69 Å². The van der Waals surface area contributed by atoms with Crippen molar-refractivity contribution in [2.45, 2.75) is 6.92 Å². The van der Waals surface area contributed by atoms with Crippen molar-refractivity contribution in [3.05, 3.63) is 29.0 Å². The lowest BCUT2D eigenvalue weighted by molar-refractivity contribution is -0.144. The second-order valence-corrected chi connectivity index (χ2v) is 3.36. The molecule has 1 rings (SSSR count). The molecule has 0 saturated heterocycles. The molecule has 0 heterocycles. The van der Waals surface area contributed by atoms with Crippen molar-refractivity contribution >= 4 is 29.2 Å². The highest BCUT2D eigenvalue weighted by atomic mass is 35.5. The van der Waals surface area contributed by atoms with Crippen LogP contribution in [0.25, 0.3) is 0 Å². The number of benzene rings is 1. The van der Waals surface area contributed by atoms with Gasteiger partial charge in [0.05, 0.1) is 5.02 Å². The largest absolute Gasteiger partial charge is 0.456 e. The second-order valence-electron chi connectivity index (χ2n) is 2.96. The summed E-state index contributed by atoms with van der Waals surface area (Å²) in [5.74, 6) is -1.63. The quantitative estimate of drug-likeness (QED) is 0.829. The highest BCUT2D eigenvalue weighted by molar-refractivity contribution is 6.31. The summed E-state index contributed by atoms with van der Waals surface area (Å²) in [6.45, 7) is 0.812. The van der Waals surface area contributed by atoms with Crippen LogP contribution < -0.4 is 5.32 Å². The fraction of sp³-hybridized carbons (Fsp3) is 0.200. The zero-order valence-corrected chi connectivity index (χ0v) is 9.18. The summed E-state index contributed by atoms with van der Waals surface area (Å²) in [7, 11) is 0. The first-order valence-corrected chi connectivity index (χ1v) is 4.75. The van der Waals surface area contributed by atoms with Crippen molar-refractivity contribution in [3.63, 3.8) is 0 Å². The van der Waals surface area contributed by atoms with Gasteiger partial charge in [-0.3, -0.25) is 9.59 Å². The number of hydrogen-bond acceptors (Lipinski definition) is 3. The molecule has 0 radical (unpaired) electrons. The number of carbonyl (C=O) groups excluding carboxylic acids is 2. The molecule has 0 fully saturated rings. The van der Waals surface area contributed by atoms with Crippen molar-refractivity contribution in [3.8, 4) is 0 Å². The van der Waals surface area contributed by atoms with Gasteiger partial charge in [0, 0.05) is 12.6 Å². The van der Waals surface area contributed by atoms with Crippen molar-refractivity contribution in [1.29, 1.82) is 0 Å². The van der Waals surface area contributed by atoms with E-state index in [1.165, 1.54) is 19.1 Å². The Morgan fingerprint density at radius 1 is 1.50 bits per heavy atom. The minimum atomic E-state index is -0.570. The van der Waals surface area contributed by atoms with Crippen LogP contribution in [0.15, 0.2) is 18.2 Å². The third-order valence-corrected chi connectivity index (χ3v) is 1.90. The summed E-state index contributed by atoms with van der Waals surface area (Å²) in [6, 6.07) is 3.75. The van der Waals surface area contributed by atoms with Crippen molar-refractivity contribution in [1.82, 2.24) is 0 Å². The maximum absolute atomic E-state index is 12.8. The Hall–Kier alpha value is -1.62. The maximum Gasteiger partial charge on any atom is 0.303 e. The molecule has 1 aromatic carbocycles. The van der Waals surface area contributed by atoms with Crippen LogP contribution in [0.5, 0.6) is 0 Å². The Morgan fingerprint density at radius 2 is 2.19 bits per heavy atom. The number of esters is 1. The Balaban J connectivity index is 2.56. The van der Waals surface area contributed by atoms with Gasteiger partial charge < -0.3 is 10.1 Å². The summed E-state index contributed by atoms with van der Waals surface area (Å²) >= 11 is 5.51. The number of carbonyl (C=O) groups is 2. The second kappa shape index (κ2) is 5.46. The highest BCUT2D eigenvalue weighted by Crippen LogP contribution is 2.19. The van der Waals surface area contributed by atoms with E-state index in [2.05, 4.69) is 10.1 Å². The van der Waals surface area contributed by atoms with E-state index in [0.717, 1.165) is 6.07 Å². The van der Waals surface area contributed by atoms with E-state index in [4.69, 9.17) is 11.6 Å². The van der Waals surface area contributed by atoms with Gasteiger partial charge >= 0.3 is 5.97 Å². The highest BCUT2D eigenvalue weighted by Gasteiger charge is 2.06. The zero-order valence-electron chi connectivity index (χ0n) is 8.42. The summed E-state index contributed by atoms with van der Waals surface area (Å²) in [6.07, 6.45) is 0. The first-order chi connectivity index (χ1) is 7.49. The molecule has 0 aliphatic carbocycles. The lowest BCUT2D eigenvalue weighted by Crippen LogP contribution is -2.19. The minimum Gasteiger partial charge on any atom is -0.456 e. The molecular formula is C10H9ClFNO3. The van der Waals surface area contributed by atoms with Crippen LogP contribution in [0, 0.1) is 5.82 Å². The molecule has 0 spiro atoms. The van der Waals surface area contributed by atoms with Gasteiger partial charge in [0.2, 0.25) is 0 Å². The summed E-state index contributed by atoms with van der Waals surface area (Å²) in [4.78, 5) is 21.6. The van der Waals surface area contributed by atoms with Gasteiger partial charge in [-0.25, -0.2) is 4.39 Å². The fourth-order valence-corrected chi connectivity index (χ4v) is 1.12. The van der Waals surface area contributed by atoms with Crippen molar-refractivity contribution < 1.29 is 18.7 Å². The Labute approximate surface area is 96.3 Å². The van der Waals surface area contributed by atoms with Crippen LogP contribution in [-0.4, -0.2) is 18.5 Å². The first kappa shape index (κ1) is 12.4. The first-order valence-electron chi connectivity index (χ1n) is 4.37. The molecule has 1 N–H and O–H groups in total. The number of hydrogen-bond donors (Lipinski definition) is 1. The van der Waals surface area contributed by atoms with Gasteiger partial charge in [-0.2, -0.15) is 0 Å². The van der Waals surface area contributed by atoms with E-state index in [1.807, 2.05) is 0 Å². The van der Waals surface area contributed by atoms with E-state index in [9.17, 15) is 14.0 Å². The molecule has 16 heavy (non-hydrogen) atoms. The molecule has 0 atom stereocenters. The van der Waals surface area contributed by atoms with Gasteiger partial charge in [0.25, 0.3) is 5.91 Å². The predicted molar refractivity (Wildman–Crippen MR) is 56.7 cm³/mol. The average molecular weight is 246 g/mol. The zero-order chi connectivity index (χ0) is 12.1. The van der Waals surface area contributed by atoms with E-state index < -0.39 is 17.7 Å². The molecule has 0 saturated carbocycles. The fourth-order valence-electron chi connectivity index (χ4n) is 0.938. The van der Waals surface area contributed by atoms with Crippen LogP contribution >= 0.6 is 11.6 Å². The van der Waals surface area contributed by atoms with Crippen LogP contribution in [0.2, 0.25) is 5.02 Å². The van der Waals surface area contributed by atoms with Gasteiger partial charge in [-0.05, 0) is 18.2 Å². The van der Waals surface area contributed by atoms with E-state index in [-0.39, 0.29) is 11.6 Å². The number of nitrogens with one attached hydrogen (secondary N) is 1. The number of halogens is 2. The third-order valence-electron chi connectivity index (χ3n) is 1.61. The Kier molecular flexibility index (Phi) is 4.25. The lowest BCUT2D eigenvalue weighted by atomic mass is 10.3. The van der Waals surface area contributed by atoms with Crippen LogP contribution in [0.3, 0.4) is 0 Å². The average Bonchev–Trinajstić information content (AvgIpc) is 2.21. The standard InChI is InChI=1S/C10H9ClFNO3/c1-6(14)16-5-10(15)13-7-2-3-9(12)8(11)4-7/h2-4H,5H2,1H3,(H,13,15). The molecule has 0 bridgehead atoms. The SMILES string of the molecule is CC(=O)OCC(=O)Nc1ccc(F)c(Cl)c1. The monoisotopic (exact) mass is 245 g/mol. The number of ether oxygens (including phenoxy) is 1. The Bertz CT molecular complexity index is 423. The molecular weight excluding hydrogens is 237 g/mol. The normalized spacial score (nSPS) is 9.69. The van der Waals surface area contributed by atoms with Crippen molar-refractivity contribution in [2.75, 3.05) is 11.9 Å². The van der Waals surface area contributed by atoms with Crippen LogP contribution in [0.1, 0.15) is 6.92 Å². The maximum atomic E-state index is 12.8. The van der Waals surface area contributed by atoms with Gasteiger partial charge in [0.1, 0.15) is 5.82 Å². The molecule has 0 aromatic heterocycles. The van der Waals surface area contributed by atoms with E-state index in [1.54, 1.807) is 0 Å². The number of rotatable bonds is 3. The van der Waals surface area contributed by atoms with Crippen LogP contribution in [-0.2, 0) is 14.3 Å². The molecule has 0 aliphatic rings. The smallest absolute Gasteiger partial charge is 0.303 e. The molecule has 1 amide bonds. The molecule has 0 aliphatic heterocycles. The van der Waals surface area contributed by atoms with E-state index >= 15 is 0 Å². The number of anilines is 1. The molecule has 0 unspecified atom stereocenters. The van der Waals surface area contributed by atoms with Gasteiger partial charge in [0.15, 0.2) is 6.61 Å². The Morgan fingerprint density at radius 3 is 2.75 bits per heavy atom. The van der Waals surface area contributed by atoms with Crippen molar-refractivity contribution in [2.24, 2.45) is 0 Å². The molecule has 86 valence electrons. The van der Waals surface area contributed by atoms with Crippen LogP contribution in [0.4, 0.5) is 10.1 Å². The van der Waals surface area contributed by atoms with Gasteiger partial charge in [-0.1, -0.05) is 11.6 Å². The molecule has 1 aromatic rings. The minimum absolute atomic E-state index is 0.0923. The lowest BCUT2D eigenvalue weighted by Gasteiger charge is -2.05. The molecule has 6 heteroatoms. The summed E-state index contributed by atoms with van der Waals surface area (Å²) < 4.78 is 17.2. The third kappa shape index (κ3) is 3.86. The summed E-state index contributed by atoms with van der Waals surface area (Å²) in [5.41, 5.74) is 0.337. The topological polar surface area (TPSA) is 55.4 Å². The van der Waals surface area contributed by atoms with Gasteiger partial charge in [-0.15, -0.1) is 0 Å². The summed E-state index contributed by atoms with van der Waals surface area (Å²) in [5, 5.41) is 2.31. The predicted octanol–water partition coefficient (Wildman–Crippen LogP) is 1.98.